The molecule has 3 aromatic rings. The van der Waals surface area contributed by atoms with Crippen molar-refractivity contribution in [1.29, 1.82) is 0 Å². The number of benzene rings is 3. The lowest BCUT2D eigenvalue weighted by Gasteiger charge is -2.44. The second kappa shape index (κ2) is 19.0. The highest BCUT2D eigenvalue weighted by molar-refractivity contribution is 6.74. The molecule has 4 heterocycles. The molecule has 1 unspecified atom stereocenters. The summed E-state index contributed by atoms with van der Waals surface area (Å²) >= 11 is 0. The number of ether oxygens (including phenoxy) is 6. The Morgan fingerprint density at radius 3 is 2.19 bits per heavy atom. The highest BCUT2D eigenvalue weighted by atomic mass is 28.4. The van der Waals surface area contributed by atoms with Crippen LogP contribution in [-0.4, -0.2) is 114 Å². The maximum Gasteiger partial charge on any atom is 0.416 e. The van der Waals surface area contributed by atoms with Crippen LogP contribution in [0.1, 0.15) is 84.7 Å². The van der Waals surface area contributed by atoms with E-state index in [4.69, 9.17) is 32.8 Å². The first-order valence-corrected chi connectivity index (χ1v) is 26.2. The van der Waals surface area contributed by atoms with Gasteiger partial charge in [-0.05, 0) is 97.1 Å². The molecule has 3 aromatic carbocycles. The minimum absolute atomic E-state index is 0.00999. The SMILES string of the molecule is C=CCOC(=O)N1C[C@@H]2CC(c3cccc(OC)c3)=CN2C(=O)c2cc(OC)c(OCCCOc3cc4c(cc3C)C(=O)N3CC5(CC5)C[C@H]3C(O[Si](C)(C)C(C)(C)C)N4C(=O)OCC=C)cc21. The van der Waals surface area contributed by atoms with Gasteiger partial charge in [0.15, 0.2) is 26.0 Å². The van der Waals surface area contributed by atoms with Crippen LogP contribution in [0.5, 0.6) is 23.0 Å². The Kier molecular flexibility index (Phi) is 13.5. The van der Waals surface area contributed by atoms with Gasteiger partial charge in [0.25, 0.3) is 11.8 Å². The van der Waals surface area contributed by atoms with Gasteiger partial charge in [0.2, 0.25) is 0 Å². The Hall–Kier alpha value is -6.26. The number of aryl methyl sites for hydroxylation is 1. The fourth-order valence-corrected chi connectivity index (χ4v) is 10.6. The molecule has 1 saturated heterocycles. The molecule has 1 aliphatic carbocycles. The quantitative estimate of drug-likeness (QED) is 0.0816. The standard InChI is InChI=1S/C52H64N4O11Si/c1-11-19-65-49(59)54-31-36-24-35(34-15-13-16-37(25-34)61-7)30-53(36)46(57)39-26-44(62-8)45(27-40(39)54)64-22-14-21-63-43-28-41-38(23-33(43)3)47(58)55-32-52(17-18-52)29-42(55)48(56(41)50(60)66-20-12-2)67-68(9,10)51(4,5)6/h11-13,15-16,23,25-28,30,36,42,48H,1-2,14,17-22,24,29,31-32H2,3-10H3/t36-,42-,48?/m0/s1. The zero-order valence-electron chi connectivity index (χ0n) is 40.6. The van der Waals surface area contributed by atoms with Crippen LogP contribution in [0.2, 0.25) is 18.1 Å². The minimum atomic E-state index is -2.52. The Labute approximate surface area is 400 Å². The summed E-state index contributed by atoms with van der Waals surface area (Å²) in [5.41, 5.74) is 3.96. The van der Waals surface area contributed by atoms with Gasteiger partial charge in [-0.2, -0.15) is 0 Å². The molecular weight excluding hydrogens is 885 g/mol. The lowest BCUT2D eigenvalue weighted by atomic mass is 10.0. The molecule has 5 aliphatic rings. The molecule has 8 rings (SSSR count). The van der Waals surface area contributed by atoms with Crippen LogP contribution < -0.4 is 28.7 Å². The van der Waals surface area contributed by atoms with E-state index < -0.39 is 26.7 Å². The van der Waals surface area contributed by atoms with E-state index in [2.05, 4.69) is 47.0 Å². The number of amides is 4. The summed E-state index contributed by atoms with van der Waals surface area (Å²) in [5, 5.41) is -0.179. The number of anilines is 2. The molecule has 0 aromatic heterocycles. The average Bonchev–Trinajstić information content (AvgIpc) is 3.82. The summed E-state index contributed by atoms with van der Waals surface area (Å²) < 4.78 is 42.4. The van der Waals surface area contributed by atoms with Crippen molar-refractivity contribution >= 4 is 49.3 Å². The lowest BCUT2D eigenvalue weighted by Crippen LogP contribution is -2.58. The molecule has 68 heavy (non-hydrogen) atoms. The first-order chi connectivity index (χ1) is 32.4. The van der Waals surface area contributed by atoms with E-state index in [1.54, 1.807) is 41.2 Å². The molecule has 15 nitrogen and oxygen atoms in total. The van der Waals surface area contributed by atoms with E-state index >= 15 is 0 Å². The number of hydrogen-bond acceptors (Lipinski definition) is 11. The highest BCUT2D eigenvalue weighted by Crippen LogP contribution is 2.57. The van der Waals surface area contributed by atoms with Gasteiger partial charge in [-0.3, -0.25) is 14.5 Å². The van der Waals surface area contributed by atoms with E-state index in [0.717, 1.165) is 36.0 Å². The molecule has 362 valence electrons. The number of nitrogens with zero attached hydrogens (tertiary/aromatic N) is 4. The first-order valence-electron chi connectivity index (χ1n) is 23.3. The number of rotatable bonds is 15. The van der Waals surface area contributed by atoms with Gasteiger partial charge in [0.05, 0.1) is 68.6 Å². The van der Waals surface area contributed by atoms with Crippen LogP contribution >= 0.6 is 0 Å². The average molecular weight is 949 g/mol. The van der Waals surface area contributed by atoms with E-state index in [1.807, 2.05) is 42.3 Å². The van der Waals surface area contributed by atoms with Crippen molar-refractivity contribution in [1.82, 2.24) is 9.80 Å². The normalized spacial score (nSPS) is 20.3. The highest BCUT2D eigenvalue weighted by Gasteiger charge is 2.59. The maximum atomic E-state index is 14.6. The van der Waals surface area contributed by atoms with Gasteiger partial charge in [-0.15, -0.1) is 0 Å². The van der Waals surface area contributed by atoms with Gasteiger partial charge in [0, 0.05) is 31.3 Å². The maximum absolute atomic E-state index is 14.6. The van der Waals surface area contributed by atoms with Gasteiger partial charge in [0.1, 0.15) is 24.7 Å². The van der Waals surface area contributed by atoms with Crippen LogP contribution in [0.15, 0.2) is 80.0 Å². The lowest BCUT2D eigenvalue weighted by molar-refractivity contribution is 0.0528. The number of methoxy groups -OCH3 is 2. The summed E-state index contributed by atoms with van der Waals surface area (Å²) in [7, 11) is 0.581. The number of carbonyl (C=O) groups is 4. The van der Waals surface area contributed by atoms with Crippen molar-refractivity contribution in [2.45, 2.75) is 96.2 Å². The van der Waals surface area contributed by atoms with Gasteiger partial charge in [-0.25, -0.2) is 14.5 Å². The third-order valence-electron chi connectivity index (χ3n) is 14.2. The number of hydrogen-bond donors (Lipinski definition) is 0. The Morgan fingerprint density at radius 2 is 1.53 bits per heavy atom. The van der Waals surface area contributed by atoms with E-state index in [1.165, 1.54) is 24.2 Å². The van der Waals surface area contributed by atoms with Crippen LogP contribution in [0.4, 0.5) is 21.0 Å². The molecule has 1 spiro atoms. The Morgan fingerprint density at radius 1 is 0.853 bits per heavy atom. The third kappa shape index (κ3) is 9.32. The van der Waals surface area contributed by atoms with Crippen molar-refractivity contribution in [2.75, 3.05) is 63.5 Å². The predicted octanol–water partition coefficient (Wildman–Crippen LogP) is 9.74. The van der Waals surface area contributed by atoms with Crippen LogP contribution in [-0.2, 0) is 13.9 Å². The van der Waals surface area contributed by atoms with Crippen LogP contribution in [0.25, 0.3) is 5.57 Å². The molecule has 2 fully saturated rings. The van der Waals surface area contributed by atoms with Crippen LogP contribution in [0, 0.1) is 12.3 Å². The molecule has 4 amide bonds. The topological polar surface area (TPSA) is 146 Å². The largest absolute Gasteiger partial charge is 0.497 e. The molecule has 0 N–H and O–H groups in total. The number of carbonyl (C=O) groups excluding carboxylic acids is 4. The molecule has 1 saturated carbocycles. The van der Waals surface area contributed by atoms with Crippen molar-refractivity contribution in [2.24, 2.45) is 5.41 Å². The Bertz CT molecular complexity index is 2530. The summed E-state index contributed by atoms with van der Waals surface area (Å²) in [5.74, 6) is 1.39. The molecule has 3 atom stereocenters. The van der Waals surface area contributed by atoms with Crippen LogP contribution in [0.3, 0.4) is 0 Å². The van der Waals surface area contributed by atoms with Gasteiger partial charge < -0.3 is 42.6 Å². The third-order valence-corrected chi connectivity index (χ3v) is 18.7. The van der Waals surface area contributed by atoms with Gasteiger partial charge in [-0.1, -0.05) is 58.2 Å². The second-order valence-corrected chi connectivity index (χ2v) is 24.6. The van der Waals surface area contributed by atoms with E-state index in [-0.39, 0.29) is 72.9 Å². The molecular formula is C52H64N4O11Si. The van der Waals surface area contributed by atoms with Crippen molar-refractivity contribution in [3.63, 3.8) is 0 Å². The molecule has 4 aliphatic heterocycles. The zero-order chi connectivity index (χ0) is 48.7. The second-order valence-electron chi connectivity index (χ2n) is 19.8. The number of fused-ring (bicyclic) bond motifs is 4. The van der Waals surface area contributed by atoms with Crippen molar-refractivity contribution in [3.05, 3.63) is 102 Å². The summed E-state index contributed by atoms with van der Waals surface area (Å²) in [4.78, 5) is 63.6. The minimum Gasteiger partial charge on any atom is -0.497 e. The smallest absolute Gasteiger partial charge is 0.416 e. The zero-order valence-corrected chi connectivity index (χ0v) is 41.6. The molecule has 16 heteroatoms. The monoisotopic (exact) mass is 948 g/mol. The van der Waals surface area contributed by atoms with Crippen molar-refractivity contribution in [3.8, 4) is 23.0 Å². The fraction of sp³-hybridized carbons (Fsp3) is 0.462. The van der Waals surface area contributed by atoms with Crippen molar-refractivity contribution < 1.29 is 52.0 Å². The summed E-state index contributed by atoms with van der Waals surface area (Å²) in [6.07, 6.45) is 6.54. The first kappa shape index (κ1) is 48.2. The predicted molar refractivity (Wildman–Crippen MR) is 261 cm³/mol. The van der Waals surface area contributed by atoms with E-state index in [9.17, 15) is 19.2 Å². The molecule has 0 bridgehead atoms. The van der Waals surface area contributed by atoms with E-state index in [0.29, 0.717) is 59.3 Å². The molecule has 0 radical (unpaired) electrons. The Balaban J connectivity index is 1.03. The summed E-state index contributed by atoms with van der Waals surface area (Å²) in [6.45, 7) is 21.2. The summed E-state index contributed by atoms with van der Waals surface area (Å²) in [6, 6.07) is 13.7. The van der Waals surface area contributed by atoms with Gasteiger partial charge >= 0.3 is 12.2 Å². The fourth-order valence-electron chi connectivity index (χ4n) is 9.33.